The molecule has 2 fully saturated rings. The quantitative estimate of drug-likeness (QED) is 0.815. The molecule has 1 aromatic rings. The van der Waals surface area contributed by atoms with Gasteiger partial charge in [0.2, 0.25) is 5.91 Å². The van der Waals surface area contributed by atoms with Crippen LogP contribution in [-0.4, -0.2) is 19.0 Å². The lowest BCUT2D eigenvalue weighted by Crippen LogP contribution is -2.44. The van der Waals surface area contributed by atoms with Crippen molar-refractivity contribution in [2.45, 2.75) is 25.7 Å². The molecular weight excluding hydrogens is 317 g/mol. The Kier molecular flexibility index (Phi) is 5.02. The van der Waals surface area contributed by atoms with Gasteiger partial charge in [0.05, 0.1) is 5.41 Å². The lowest BCUT2D eigenvalue weighted by atomic mass is 9.67. The first-order chi connectivity index (χ1) is 10.0. The summed E-state index contributed by atoms with van der Waals surface area (Å²) in [6.07, 6.45) is 3.81. The van der Waals surface area contributed by atoms with Crippen molar-refractivity contribution in [3.8, 4) is 0 Å². The zero-order chi connectivity index (χ0) is 15.0. The summed E-state index contributed by atoms with van der Waals surface area (Å²) in [5.74, 6) is -4.10. The zero-order valence-corrected chi connectivity index (χ0v) is 12.7. The van der Waals surface area contributed by atoms with E-state index in [2.05, 4.69) is 10.6 Å². The zero-order valence-electron chi connectivity index (χ0n) is 11.9. The van der Waals surface area contributed by atoms with Gasteiger partial charge in [0.15, 0.2) is 17.5 Å². The summed E-state index contributed by atoms with van der Waals surface area (Å²) >= 11 is 0. The SMILES string of the molecule is Cl.O=C(Nc1cc(F)c(F)c(F)c1)[C@@]12CCCC[C@H]1CNC2. The molecule has 0 radical (unpaired) electrons. The molecular formula is C15H18ClF3N2O. The first-order valence-corrected chi connectivity index (χ1v) is 7.20. The fraction of sp³-hybridized carbons (Fsp3) is 0.533. The number of benzene rings is 1. The largest absolute Gasteiger partial charge is 0.325 e. The molecule has 2 N–H and O–H groups in total. The molecule has 2 atom stereocenters. The molecule has 3 rings (SSSR count). The second-order valence-corrected chi connectivity index (χ2v) is 5.94. The van der Waals surface area contributed by atoms with Crippen LogP contribution in [0.3, 0.4) is 0 Å². The molecule has 0 unspecified atom stereocenters. The van der Waals surface area contributed by atoms with Crippen molar-refractivity contribution in [3.05, 3.63) is 29.6 Å². The molecule has 1 aliphatic heterocycles. The van der Waals surface area contributed by atoms with E-state index in [1.807, 2.05) is 0 Å². The van der Waals surface area contributed by atoms with Gasteiger partial charge < -0.3 is 10.6 Å². The number of amides is 1. The lowest BCUT2D eigenvalue weighted by Gasteiger charge is -2.37. The van der Waals surface area contributed by atoms with Crippen LogP contribution < -0.4 is 10.6 Å². The van der Waals surface area contributed by atoms with Crippen LogP contribution in [0.25, 0.3) is 0 Å². The highest BCUT2D eigenvalue weighted by molar-refractivity contribution is 5.96. The number of hydrogen-bond donors (Lipinski definition) is 2. The number of fused-ring (bicyclic) bond motifs is 1. The third-order valence-electron chi connectivity index (χ3n) is 4.73. The Bertz CT molecular complexity index is 561. The van der Waals surface area contributed by atoms with Gasteiger partial charge in [0.1, 0.15) is 0 Å². The standard InChI is InChI=1S/C15H17F3N2O.ClH/c16-11-5-10(6-12(17)13(11)18)20-14(21)15-4-2-1-3-9(15)7-19-8-15;/h5-6,9,19H,1-4,7-8H2,(H,20,21);1H/t9-,15+;/m0./s1. The van der Waals surface area contributed by atoms with Crippen LogP contribution in [0.15, 0.2) is 12.1 Å². The van der Waals surface area contributed by atoms with Crippen LogP contribution in [0, 0.1) is 28.8 Å². The average Bonchev–Trinajstić information content (AvgIpc) is 2.89. The molecule has 0 spiro atoms. The Morgan fingerprint density at radius 1 is 1.23 bits per heavy atom. The van der Waals surface area contributed by atoms with Crippen LogP contribution in [0.5, 0.6) is 0 Å². The van der Waals surface area contributed by atoms with Crippen molar-refractivity contribution < 1.29 is 18.0 Å². The van der Waals surface area contributed by atoms with E-state index >= 15 is 0 Å². The topological polar surface area (TPSA) is 41.1 Å². The highest BCUT2D eigenvalue weighted by Crippen LogP contribution is 2.44. The van der Waals surface area contributed by atoms with Crippen molar-refractivity contribution in [2.24, 2.45) is 11.3 Å². The van der Waals surface area contributed by atoms with E-state index in [-0.39, 0.29) is 29.9 Å². The second kappa shape index (κ2) is 6.46. The Morgan fingerprint density at radius 2 is 1.91 bits per heavy atom. The predicted molar refractivity (Wildman–Crippen MR) is 79.5 cm³/mol. The highest BCUT2D eigenvalue weighted by Gasteiger charge is 2.49. The third-order valence-corrected chi connectivity index (χ3v) is 4.73. The summed E-state index contributed by atoms with van der Waals surface area (Å²) in [5.41, 5.74) is -0.554. The van der Waals surface area contributed by atoms with Crippen LogP contribution in [0.1, 0.15) is 25.7 Å². The maximum absolute atomic E-state index is 13.2. The van der Waals surface area contributed by atoms with Crippen molar-refractivity contribution in [1.29, 1.82) is 0 Å². The molecule has 0 aromatic heterocycles. The molecule has 1 aliphatic carbocycles. The summed E-state index contributed by atoms with van der Waals surface area (Å²) in [4.78, 5) is 12.6. The van der Waals surface area contributed by atoms with E-state index in [4.69, 9.17) is 0 Å². The molecule has 2 aliphatic rings. The number of anilines is 1. The molecule has 0 bridgehead atoms. The minimum absolute atomic E-state index is 0. The minimum atomic E-state index is -1.52. The number of carbonyl (C=O) groups is 1. The first kappa shape index (κ1) is 17.1. The van der Waals surface area contributed by atoms with E-state index in [9.17, 15) is 18.0 Å². The van der Waals surface area contributed by atoms with Gasteiger partial charge in [-0.15, -0.1) is 12.4 Å². The number of rotatable bonds is 2. The van der Waals surface area contributed by atoms with Gasteiger partial charge in [-0.2, -0.15) is 0 Å². The summed E-state index contributed by atoms with van der Waals surface area (Å²) in [7, 11) is 0. The van der Waals surface area contributed by atoms with Gasteiger partial charge in [-0.25, -0.2) is 13.2 Å². The van der Waals surface area contributed by atoms with Crippen molar-refractivity contribution in [1.82, 2.24) is 5.32 Å². The second-order valence-electron chi connectivity index (χ2n) is 5.94. The van der Waals surface area contributed by atoms with Gasteiger partial charge in [0.25, 0.3) is 0 Å². The summed E-state index contributed by atoms with van der Waals surface area (Å²) in [5, 5.41) is 5.79. The fourth-order valence-corrected chi connectivity index (χ4v) is 3.57. The van der Waals surface area contributed by atoms with E-state index < -0.39 is 22.9 Å². The van der Waals surface area contributed by atoms with Crippen LogP contribution in [-0.2, 0) is 4.79 Å². The molecule has 1 heterocycles. The number of halogens is 4. The van der Waals surface area contributed by atoms with Crippen LogP contribution in [0.2, 0.25) is 0 Å². The summed E-state index contributed by atoms with van der Waals surface area (Å²) in [6.45, 7) is 1.37. The Labute approximate surface area is 133 Å². The van der Waals surface area contributed by atoms with Gasteiger partial charge >= 0.3 is 0 Å². The van der Waals surface area contributed by atoms with Crippen molar-refractivity contribution >= 4 is 24.0 Å². The Hall–Kier alpha value is -1.27. The Morgan fingerprint density at radius 3 is 2.59 bits per heavy atom. The molecule has 3 nitrogen and oxygen atoms in total. The maximum Gasteiger partial charge on any atom is 0.232 e. The minimum Gasteiger partial charge on any atom is -0.325 e. The number of carbonyl (C=O) groups excluding carboxylic acids is 1. The van der Waals surface area contributed by atoms with E-state index in [1.54, 1.807) is 0 Å². The van der Waals surface area contributed by atoms with E-state index in [1.165, 1.54) is 0 Å². The lowest BCUT2D eigenvalue weighted by molar-refractivity contribution is -0.128. The molecule has 22 heavy (non-hydrogen) atoms. The van der Waals surface area contributed by atoms with Crippen molar-refractivity contribution in [3.63, 3.8) is 0 Å². The number of nitrogens with one attached hydrogen (secondary N) is 2. The smallest absolute Gasteiger partial charge is 0.232 e. The Balaban J connectivity index is 0.00000176. The molecule has 1 aromatic carbocycles. The summed E-state index contributed by atoms with van der Waals surface area (Å²) < 4.78 is 39.4. The normalized spacial score (nSPS) is 27.0. The van der Waals surface area contributed by atoms with Gasteiger partial charge in [0, 0.05) is 24.4 Å². The monoisotopic (exact) mass is 334 g/mol. The fourth-order valence-electron chi connectivity index (χ4n) is 3.57. The first-order valence-electron chi connectivity index (χ1n) is 7.20. The van der Waals surface area contributed by atoms with E-state index in [0.29, 0.717) is 6.54 Å². The van der Waals surface area contributed by atoms with Gasteiger partial charge in [-0.1, -0.05) is 12.8 Å². The maximum atomic E-state index is 13.2. The van der Waals surface area contributed by atoms with Gasteiger partial charge in [-0.05, 0) is 25.3 Å². The van der Waals surface area contributed by atoms with Crippen molar-refractivity contribution in [2.75, 3.05) is 18.4 Å². The number of hydrogen-bond acceptors (Lipinski definition) is 2. The molecule has 1 amide bonds. The third kappa shape index (κ3) is 2.82. The van der Waals surface area contributed by atoms with E-state index in [0.717, 1.165) is 44.4 Å². The van der Waals surface area contributed by atoms with Crippen LogP contribution in [0.4, 0.5) is 18.9 Å². The molecule has 7 heteroatoms. The highest BCUT2D eigenvalue weighted by atomic mass is 35.5. The molecule has 1 saturated carbocycles. The summed E-state index contributed by atoms with van der Waals surface area (Å²) in [6, 6.07) is 1.63. The van der Waals surface area contributed by atoms with Crippen LogP contribution >= 0.6 is 12.4 Å². The van der Waals surface area contributed by atoms with Gasteiger partial charge in [-0.3, -0.25) is 4.79 Å². The molecule has 122 valence electrons. The average molecular weight is 335 g/mol. The molecule has 1 saturated heterocycles. The predicted octanol–water partition coefficient (Wildman–Crippen LogP) is 3.24.